The number of aromatic nitrogens is 3. The Kier molecular flexibility index (Phi) is 4.46. The van der Waals surface area contributed by atoms with Crippen LogP contribution >= 0.6 is 0 Å². The monoisotopic (exact) mass is 225 g/mol. The Morgan fingerprint density at radius 1 is 1.56 bits per heavy atom. The minimum Gasteiger partial charge on any atom is -0.465 e. The summed E-state index contributed by atoms with van der Waals surface area (Å²) >= 11 is 0. The molecule has 0 saturated carbocycles. The second-order valence-electron chi connectivity index (χ2n) is 4.18. The van der Waals surface area contributed by atoms with Gasteiger partial charge in [0.25, 0.3) is 0 Å². The second kappa shape index (κ2) is 5.63. The van der Waals surface area contributed by atoms with Crippen molar-refractivity contribution in [2.24, 2.45) is 13.0 Å². The van der Waals surface area contributed by atoms with E-state index in [1.54, 1.807) is 18.7 Å². The smallest absolute Gasteiger partial charge is 0.316 e. The summed E-state index contributed by atoms with van der Waals surface area (Å²) in [5, 5.41) is 3.99. The van der Waals surface area contributed by atoms with Crippen LogP contribution in [0.25, 0.3) is 0 Å². The molecule has 1 aromatic rings. The number of hydrogen-bond acceptors (Lipinski definition) is 4. The van der Waals surface area contributed by atoms with Crippen LogP contribution in [0.15, 0.2) is 6.33 Å². The van der Waals surface area contributed by atoms with Crippen LogP contribution in [0.1, 0.15) is 38.9 Å². The van der Waals surface area contributed by atoms with Gasteiger partial charge in [-0.25, -0.2) is 4.98 Å². The maximum atomic E-state index is 11.8. The summed E-state index contributed by atoms with van der Waals surface area (Å²) in [5.74, 6) is 0.554. The van der Waals surface area contributed by atoms with Crippen LogP contribution in [0, 0.1) is 5.92 Å². The number of esters is 1. The van der Waals surface area contributed by atoms with Crippen LogP contribution < -0.4 is 0 Å². The Bertz CT molecular complexity index is 347. The van der Waals surface area contributed by atoms with Gasteiger partial charge in [0.2, 0.25) is 0 Å². The van der Waals surface area contributed by atoms with Gasteiger partial charge in [0, 0.05) is 7.05 Å². The lowest BCUT2D eigenvalue weighted by Gasteiger charge is -2.16. The van der Waals surface area contributed by atoms with Crippen LogP contribution in [-0.2, 0) is 16.6 Å². The summed E-state index contributed by atoms with van der Waals surface area (Å²) in [6.07, 6.45) is 2.19. The van der Waals surface area contributed by atoms with E-state index < -0.39 is 0 Å². The molecule has 0 aliphatic rings. The van der Waals surface area contributed by atoms with E-state index in [1.165, 1.54) is 6.33 Å². The molecule has 1 heterocycles. The predicted molar refractivity (Wildman–Crippen MR) is 59.8 cm³/mol. The van der Waals surface area contributed by atoms with Gasteiger partial charge in [0.15, 0.2) is 0 Å². The number of ether oxygens (including phenoxy) is 1. The van der Waals surface area contributed by atoms with Crippen molar-refractivity contribution in [3.8, 4) is 0 Å². The maximum absolute atomic E-state index is 11.8. The third-order valence-corrected chi connectivity index (χ3v) is 2.34. The summed E-state index contributed by atoms with van der Waals surface area (Å²) < 4.78 is 6.69. The lowest BCUT2D eigenvalue weighted by Crippen LogP contribution is -2.21. The summed E-state index contributed by atoms with van der Waals surface area (Å²) in [5.41, 5.74) is 0. The number of rotatable bonds is 5. The first-order chi connectivity index (χ1) is 7.56. The maximum Gasteiger partial charge on any atom is 0.316 e. The number of nitrogens with zero attached hydrogens (tertiary/aromatic N) is 3. The molecule has 1 atom stereocenters. The van der Waals surface area contributed by atoms with Gasteiger partial charge in [-0.05, 0) is 19.3 Å². The number of carbonyl (C=O) groups excluding carboxylic acids is 1. The Labute approximate surface area is 95.8 Å². The molecule has 90 valence electrons. The highest BCUT2D eigenvalue weighted by molar-refractivity contribution is 5.77. The first-order valence-electron chi connectivity index (χ1n) is 5.56. The Morgan fingerprint density at radius 3 is 2.69 bits per heavy atom. The largest absolute Gasteiger partial charge is 0.465 e. The van der Waals surface area contributed by atoms with Crippen molar-refractivity contribution in [2.75, 3.05) is 6.61 Å². The molecule has 5 nitrogen and oxygen atoms in total. The van der Waals surface area contributed by atoms with E-state index in [0.717, 1.165) is 6.42 Å². The standard InChI is InChI=1S/C11H19N3O2/c1-5-16-11(15)9(6-8(2)3)10-12-7-13-14(10)4/h7-9H,5-6H2,1-4H3. The zero-order chi connectivity index (χ0) is 12.1. The quantitative estimate of drug-likeness (QED) is 0.713. The molecule has 0 bridgehead atoms. The van der Waals surface area contributed by atoms with Gasteiger partial charge < -0.3 is 4.74 Å². The zero-order valence-electron chi connectivity index (χ0n) is 10.3. The third-order valence-electron chi connectivity index (χ3n) is 2.34. The van der Waals surface area contributed by atoms with Crippen LogP contribution in [0.2, 0.25) is 0 Å². The predicted octanol–water partition coefficient (Wildman–Crippen LogP) is 1.51. The highest BCUT2D eigenvalue weighted by Crippen LogP contribution is 2.23. The molecule has 0 spiro atoms. The van der Waals surface area contributed by atoms with Crippen molar-refractivity contribution in [1.29, 1.82) is 0 Å². The Hall–Kier alpha value is -1.39. The molecule has 0 fully saturated rings. The van der Waals surface area contributed by atoms with E-state index in [9.17, 15) is 4.79 Å². The molecule has 0 amide bonds. The Morgan fingerprint density at radius 2 is 2.25 bits per heavy atom. The van der Waals surface area contributed by atoms with E-state index in [0.29, 0.717) is 18.3 Å². The van der Waals surface area contributed by atoms with E-state index in [-0.39, 0.29) is 11.9 Å². The van der Waals surface area contributed by atoms with Gasteiger partial charge in [-0.2, -0.15) is 5.10 Å². The van der Waals surface area contributed by atoms with Crippen molar-refractivity contribution < 1.29 is 9.53 Å². The highest BCUT2D eigenvalue weighted by atomic mass is 16.5. The molecule has 0 aliphatic heterocycles. The van der Waals surface area contributed by atoms with E-state index >= 15 is 0 Å². The van der Waals surface area contributed by atoms with Gasteiger partial charge >= 0.3 is 5.97 Å². The Balaban J connectivity index is 2.87. The SMILES string of the molecule is CCOC(=O)C(CC(C)C)c1ncnn1C. The lowest BCUT2D eigenvalue weighted by molar-refractivity contribution is -0.145. The summed E-state index contributed by atoms with van der Waals surface area (Å²) in [6.45, 7) is 6.34. The molecule has 0 N–H and O–H groups in total. The molecule has 0 saturated heterocycles. The molecule has 1 rings (SSSR count). The topological polar surface area (TPSA) is 57.0 Å². The van der Waals surface area contributed by atoms with Crippen LogP contribution in [-0.4, -0.2) is 27.3 Å². The van der Waals surface area contributed by atoms with Gasteiger partial charge in [-0.1, -0.05) is 13.8 Å². The molecular formula is C11H19N3O2. The average Bonchev–Trinajstić information content (AvgIpc) is 2.61. The molecule has 1 aromatic heterocycles. The summed E-state index contributed by atoms with van der Waals surface area (Å²) in [6, 6.07) is 0. The zero-order valence-corrected chi connectivity index (χ0v) is 10.3. The van der Waals surface area contributed by atoms with Crippen molar-refractivity contribution in [2.45, 2.75) is 33.1 Å². The summed E-state index contributed by atoms with van der Waals surface area (Å²) in [4.78, 5) is 15.9. The molecule has 1 unspecified atom stereocenters. The first-order valence-corrected chi connectivity index (χ1v) is 5.56. The summed E-state index contributed by atoms with van der Waals surface area (Å²) in [7, 11) is 1.79. The number of hydrogen-bond donors (Lipinski definition) is 0. The molecule has 16 heavy (non-hydrogen) atoms. The van der Waals surface area contributed by atoms with Crippen LogP contribution in [0.5, 0.6) is 0 Å². The number of carbonyl (C=O) groups is 1. The fraction of sp³-hybridized carbons (Fsp3) is 0.727. The van der Waals surface area contributed by atoms with E-state index in [1.807, 2.05) is 0 Å². The van der Waals surface area contributed by atoms with Gasteiger partial charge in [-0.15, -0.1) is 0 Å². The fourth-order valence-electron chi connectivity index (χ4n) is 1.64. The fourth-order valence-corrected chi connectivity index (χ4v) is 1.64. The van der Waals surface area contributed by atoms with Gasteiger partial charge in [-0.3, -0.25) is 9.48 Å². The average molecular weight is 225 g/mol. The molecular weight excluding hydrogens is 206 g/mol. The molecule has 0 aliphatic carbocycles. The number of aryl methyl sites for hydroxylation is 1. The van der Waals surface area contributed by atoms with Crippen molar-refractivity contribution in [3.05, 3.63) is 12.2 Å². The van der Waals surface area contributed by atoms with Crippen LogP contribution in [0.3, 0.4) is 0 Å². The minimum absolute atomic E-state index is 0.215. The normalized spacial score (nSPS) is 12.8. The van der Waals surface area contributed by atoms with Gasteiger partial charge in [0.1, 0.15) is 18.1 Å². The van der Waals surface area contributed by atoms with Crippen molar-refractivity contribution in [3.63, 3.8) is 0 Å². The highest BCUT2D eigenvalue weighted by Gasteiger charge is 2.26. The lowest BCUT2D eigenvalue weighted by atomic mass is 9.96. The molecule has 5 heteroatoms. The van der Waals surface area contributed by atoms with Crippen molar-refractivity contribution >= 4 is 5.97 Å². The van der Waals surface area contributed by atoms with Gasteiger partial charge in [0.05, 0.1) is 6.61 Å². The van der Waals surface area contributed by atoms with Crippen LogP contribution in [0.4, 0.5) is 0 Å². The minimum atomic E-state index is -0.313. The molecule has 0 radical (unpaired) electrons. The third kappa shape index (κ3) is 3.05. The first kappa shape index (κ1) is 12.7. The van der Waals surface area contributed by atoms with Crippen molar-refractivity contribution in [1.82, 2.24) is 14.8 Å². The van der Waals surface area contributed by atoms with E-state index in [2.05, 4.69) is 23.9 Å². The second-order valence-corrected chi connectivity index (χ2v) is 4.18. The van der Waals surface area contributed by atoms with E-state index in [4.69, 9.17) is 4.74 Å². The molecule has 0 aromatic carbocycles.